The monoisotopic (exact) mass is 380 g/mol. The summed E-state index contributed by atoms with van der Waals surface area (Å²) in [6.45, 7) is 19.2. The van der Waals surface area contributed by atoms with Gasteiger partial charge in [-0.3, -0.25) is 0 Å². The van der Waals surface area contributed by atoms with Crippen molar-refractivity contribution in [3.8, 4) is 0 Å². The van der Waals surface area contributed by atoms with Gasteiger partial charge in [0.1, 0.15) is 0 Å². The van der Waals surface area contributed by atoms with E-state index in [1.54, 1.807) is 0 Å². The van der Waals surface area contributed by atoms with Gasteiger partial charge in [-0.2, -0.15) is 0 Å². The Labute approximate surface area is 120 Å². The van der Waals surface area contributed by atoms with Crippen LogP contribution >= 0.6 is 49.8 Å². The number of hydrogen-bond acceptors (Lipinski definition) is 0. The molecule has 0 nitrogen and oxygen atoms in total. The van der Waals surface area contributed by atoms with Crippen LogP contribution in [-0.4, -0.2) is 29.5 Å². The first-order chi connectivity index (χ1) is 5.55. The molecule has 0 radical (unpaired) electrons. The van der Waals surface area contributed by atoms with Crippen molar-refractivity contribution in [2.75, 3.05) is 19.2 Å². The lowest BCUT2D eigenvalue weighted by atomic mass is 10.3. The summed E-state index contributed by atoms with van der Waals surface area (Å²) in [6, 6.07) is 0. The van der Waals surface area contributed by atoms with Gasteiger partial charge in [0.2, 0.25) is 0 Å². The molecule has 0 rings (SSSR count). The van der Waals surface area contributed by atoms with E-state index in [1.165, 1.54) is 5.90 Å². The highest BCUT2D eigenvalue weighted by atomic mass is 79.9. The van der Waals surface area contributed by atoms with Crippen molar-refractivity contribution in [2.45, 2.75) is 51.9 Å². The summed E-state index contributed by atoms with van der Waals surface area (Å²) in [4.78, 5) is 0. The maximum absolute atomic E-state index is 2.46. The molecule has 0 saturated carbocycles. The summed E-state index contributed by atoms with van der Waals surface area (Å²) in [5.74, 6) is 1.47. The van der Waals surface area contributed by atoms with E-state index < -0.39 is 0 Å². The van der Waals surface area contributed by atoms with E-state index in [0.29, 0.717) is 10.3 Å². The summed E-state index contributed by atoms with van der Waals surface area (Å²) < 4.78 is 0. The molecule has 0 heterocycles. The van der Waals surface area contributed by atoms with Crippen LogP contribution in [0.4, 0.5) is 0 Å². The summed E-state index contributed by atoms with van der Waals surface area (Å²) in [7, 11) is 0.407. The topological polar surface area (TPSA) is 0 Å². The molecule has 0 aromatic rings. The van der Waals surface area contributed by atoms with Crippen molar-refractivity contribution < 1.29 is 0 Å². The van der Waals surface area contributed by atoms with Crippen molar-refractivity contribution in [3.63, 3.8) is 0 Å². The van der Waals surface area contributed by atoms with Crippen LogP contribution in [0.25, 0.3) is 0 Å². The molecule has 2 atom stereocenters. The zero-order valence-corrected chi connectivity index (χ0v) is 16.6. The molecule has 0 fully saturated rings. The largest absolute Gasteiger partial charge is 0.114 e. The van der Waals surface area contributed by atoms with Crippen molar-refractivity contribution >= 4 is 49.8 Å². The molecule has 0 amide bonds. The highest BCUT2D eigenvalue weighted by Gasteiger charge is 2.26. The number of halogens is 2. The molecule has 4 heteroatoms. The Hall–Kier alpha value is 1.82. The first-order valence-electron chi connectivity index (χ1n) is 4.97. The molecular formula is C11H28Br2P2. The first-order valence-corrected chi connectivity index (χ1v) is 8.92. The van der Waals surface area contributed by atoms with Gasteiger partial charge in [-0.15, -0.1) is 34.0 Å². The Bertz CT molecular complexity index is 141. The van der Waals surface area contributed by atoms with Gasteiger partial charge in [0, 0.05) is 0 Å². The lowest BCUT2D eigenvalue weighted by molar-refractivity contribution is 0.778. The third-order valence-electron chi connectivity index (χ3n) is 2.71. The lowest BCUT2D eigenvalue weighted by Crippen LogP contribution is -2.17. The predicted molar refractivity (Wildman–Crippen MR) is 90.7 cm³/mol. The third kappa shape index (κ3) is 9.51. The first kappa shape index (κ1) is 22.0. The Morgan fingerprint density at radius 2 is 0.867 bits per heavy atom. The molecule has 15 heavy (non-hydrogen) atoms. The van der Waals surface area contributed by atoms with Gasteiger partial charge < -0.3 is 0 Å². The molecule has 0 aromatic carbocycles. The highest BCUT2D eigenvalue weighted by molar-refractivity contribution is 8.93. The summed E-state index contributed by atoms with van der Waals surface area (Å²) in [5, 5.41) is 1.08. The minimum Gasteiger partial charge on any atom is -0.114 e. The Kier molecular flexibility index (Phi) is 11.8. The Morgan fingerprint density at radius 1 is 0.667 bits per heavy atom. The van der Waals surface area contributed by atoms with E-state index in [0.717, 1.165) is 0 Å². The van der Waals surface area contributed by atoms with Gasteiger partial charge in [0.15, 0.2) is 0 Å². The van der Waals surface area contributed by atoms with Crippen molar-refractivity contribution in [2.24, 2.45) is 0 Å². The maximum Gasteiger partial charge on any atom is -0.0116 e. The molecule has 0 N–H and O–H groups in total. The SMILES string of the molecule is Br.Br.CP(CP(C)C(C)(C)C)C(C)(C)C. The molecule has 0 aliphatic heterocycles. The van der Waals surface area contributed by atoms with Crippen LogP contribution in [0, 0.1) is 0 Å². The molecule has 2 unspecified atom stereocenters. The molecule has 0 aliphatic carbocycles. The number of rotatable bonds is 2. The Balaban J connectivity index is -0.000000720. The fraction of sp³-hybridized carbons (Fsp3) is 1.00. The third-order valence-corrected chi connectivity index (χ3v) is 10.7. The summed E-state index contributed by atoms with van der Waals surface area (Å²) in [6.07, 6.45) is 0. The van der Waals surface area contributed by atoms with Crippen LogP contribution in [-0.2, 0) is 0 Å². The van der Waals surface area contributed by atoms with Crippen LogP contribution in [0.5, 0.6) is 0 Å². The van der Waals surface area contributed by atoms with Crippen LogP contribution < -0.4 is 0 Å². The second-order valence-corrected chi connectivity index (χ2v) is 12.5. The van der Waals surface area contributed by atoms with E-state index in [2.05, 4.69) is 54.9 Å². The van der Waals surface area contributed by atoms with Crippen LogP contribution in [0.2, 0.25) is 0 Å². The zero-order valence-electron chi connectivity index (χ0n) is 11.4. The molecule has 0 spiro atoms. The second kappa shape index (κ2) is 8.02. The van der Waals surface area contributed by atoms with Crippen molar-refractivity contribution in [1.29, 1.82) is 0 Å². The Morgan fingerprint density at radius 3 is 1.00 bits per heavy atom. The fourth-order valence-corrected chi connectivity index (χ4v) is 6.68. The van der Waals surface area contributed by atoms with E-state index in [9.17, 15) is 0 Å². The predicted octanol–water partition coefficient (Wildman–Crippen LogP) is 5.92. The van der Waals surface area contributed by atoms with Crippen LogP contribution in [0.1, 0.15) is 41.5 Å². The average Bonchev–Trinajstić information content (AvgIpc) is 1.82. The minimum atomic E-state index is 0. The van der Waals surface area contributed by atoms with Gasteiger partial charge in [0.25, 0.3) is 0 Å². The van der Waals surface area contributed by atoms with E-state index in [1.807, 2.05) is 0 Å². The van der Waals surface area contributed by atoms with Gasteiger partial charge >= 0.3 is 0 Å². The minimum absolute atomic E-state index is 0. The quantitative estimate of drug-likeness (QED) is 0.520. The molecule has 0 aromatic heterocycles. The molecule has 0 saturated heterocycles. The second-order valence-electron chi connectivity index (χ2n) is 5.88. The zero-order chi connectivity index (χ0) is 10.9. The fourth-order valence-electron chi connectivity index (χ4n) is 0.742. The van der Waals surface area contributed by atoms with Gasteiger partial charge in [-0.25, -0.2) is 0 Å². The van der Waals surface area contributed by atoms with Crippen LogP contribution in [0.15, 0.2) is 0 Å². The van der Waals surface area contributed by atoms with Crippen molar-refractivity contribution in [1.82, 2.24) is 0 Å². The molecule has 0 bridgehead atoms. The summed E-state index contributed by atoms with van der Waals surface area (Å²) >= 11 is 0. The molecular weight excluding hydrogens is 354 g/mol. The maximum atomic E-state index is 2.46. The molecule has 96 valence electrons. The lowest BCUT2D eigenvalue weighted by Gasteiger charge is -2.35. The normalized spacial score (nSPS) is 16.0. The van der Waals surface area contributed by atoms with Gasteiger partial charge in [-0.1, -0.05) is 57.4 Å². The summed E-state index contributed by atoms with van der Waals surface area (Å²) in [5.41, 5.74) is 0. The smallest absolute Gasteiger partial charge is 0.0116 e. The molecule has 0 aliphatic rings. The van der Waals surface area contributed by atoms with Crippen molar-refractivity contribution in [3.05, 3.63) is 0 Å². The standard InChI is InChI=1S/C11H26P2.2BrH/c1-10(2,3)12(7)9-13(8)11(4,5)6;;/h9H2,1-8H3;2*1H. The van der Waals surface area contributed by atoms with Crippen LogP contribution in [0.3, 0.4) is 0 Å². The van der Waals surface area contributed by atoms with E-state index in [-0.39, 0.29) is 49.8 Å². The highest BCUT2D eigenvalue weighted by Crippen LogP contribution is 2.59. The van der Waals surface area contributed by atoms with E-state index >= 15 is 0 Å². The van der Waals surface area contributed by atoms with Gasteiger partial charge in [0.05, 0.1) is 0 Å². The van der Waals surface area contributed by atoms with E-state index in [4.69, 9.17) is 0 Å². The average molecular weight is 382 g/mol. The van der Waals surface area contributed by atoms with Gasteiger partial charge in [-0.05, 0) is 29.5 Å². The number of hydrogen-bond donors (Lipinski definition) is 0.